The Labute approximate surface area is 179 Å². The van der Waals surface area contributed by atoms with Crippen molar-refractivity contribution in [3.05, 3.63) is 69.9 Å². The van der Waals surface area contributed by atoms with Crippen LogP contribution in [0.2, 0.25) is 5.02 Å². The summed E-state index contributed by atoms with van der Waals surface area (Å²) in [4.78, 5) is 26.6. The maximum absolute atomic E-state index is 13.5. The van der Waals surface area contributed by atoms with E-state index in [1.807, 2.05) is 30.3 Å². The van der Waals surface area contributed by atoms with Crippen molar-refractivity contribution in [1.29, 1.82) is 5.26 Å². The normalized spacial score (nSPS) is 15.6. The molecule has 6 nitrogen and oxygen atoms in total. The average molecular weight is 422 g/mol. The van der Waals surface area contributed by atoms with E-state index in [1.54, 1.807) is 32.9 Å². The number of hydrogen-bond donors (Lipinski definition) is 1. The number of fused-ring (bicyclic) bond motifs is 2. The molecule has 0 fully saturated rings. The molecular weight excluding hydrogens is 402 g/mol. The van der Waals surface area contributed by atoms with E-state index < -0.39 is 17.7 Å². The predicted octanol–water partition coefficient (Wildman–Crippen LogP) is 4.98. The van der Waals surface area contributed by atoms with Gasteiger partial charge in [-0.1, -0.05) is 35.9 Å². The molecule has 1 aliphatic heterocycles. The SMILES string of the molecule is CC(C)(C)OC(=O)n1c(C(=O)C2NCc3ccccc32)cc2c(Cl)c(C#N)ccc21. The van der Waals surface area contributed by atoms with E-state index in [4.69, 9.17) is 16.3 Å². The molecule has 3 aromatic rings. The summed E-state index contributed by atoms with van der Waals surface area (Å²) in [6.45, 7) is 5.84. The predicted molar refractivity (Wildman–Crippen MR) is 114 cm³/mol. The summed E-state index contributed by atoms with van der Waals surface area (Å²) < 4.78 is 6.80. The molecule has 1 atom stereocenters. The number of ether oxygens (including phenoxy) is 1. The molecule has 0 saturated carbocycles. The fourth-order valence-electron chi connectivity index (χ4n) is 3.70. The van der Waals surface area contributed by atoms with Crippen molar-refractivity contribution < 1.29 is 14.3 Å². The van der Waals surface area contributed by atoms with Crippen molar-refractivity contribution in [2.24, 2.45) is 0 Å². The topological polar surface area (TPSA) is 84.1 Å². The molecule has 30 heavy (non-hydrogen) atoms. The number of halogens is 1. The molecule has 0 bridgehead atoms. The second-order valence-corrected chi connectivity index (χ2v) is 8.57. The van der Waals surface area contributed by atoms with Gasteiger partial charge < -0.3 is 4.74 Å². The first-order valence-electron chi connectivity index (χ1n) is 9.54. The summed E-state index contributed by atoms with van der Waals surface area (Å²) in [5.74, 6) is -0.267. The first-order chi connectivity index (χ1) is 14.2. The van der Waals surface area contributed by atoms with Crippen LogP contribution >= 0.6 is 11.6 Å². The largest absolute Gasteiger partial charge is 0.443 e. The van der Waals surface area contributed by atoms with Gasteiger partial charge in [-0.15, -0.1) is 0 Å². The second-order valence-electron chi connectivity index (χ2n) is 8.19. The Balaban J connectivity index is 1.89. The van der Waals surface area contributed by atoms with Crippen molar-refractivity contribution in [2.45, 2.75) is 39.0 Å². The molecule has 1 unspecified atom stereocenters. The van der Waals surface area contributed by atoms with Gasteiger partial charge >= 0.3 is 6.09 Å². The molecule has 1 aromatic heterocycles. The molecule has 0 radical (unpaired) electrons. The molecule has 4 rings (SSSR count). The number of ketones is 1. The minimum Gasteiger partial charge on any atom is -0.443 e. The van der Waals surface area contributed by atoms with Crippen LogP contribution in [0.1, 0.15) is 54.0 Å². The highest BCUT2D eigenvalue weighted by molar-refractivity contribution is 6.37. The first-order valence-corrected chi connectivity index (χ1v) is 9.92. The van der Waals surface area contributed by atoms with Gasteiger partial charge in [-0.25, -0.2) is 9.36 Å². The van der Waals surface area contributed by atoms with Crippen molar-refractivity contribution in [3.63, 3.8) is 0 Å². The van der Waals surface area contributed by atoms with E-state index in [0.717, 1.165) is 11.1 Å². The highest BCUT2D eigenvalue weighted by Gasteiger charge is 2.33. The number of carbonyl (C=O) groups excluding carboxylic acids is 2. The van der Waals surface area contributed by atoms with Crippen LogP contribution in [-0.4, -0.2) is 22.0 Å². The van der Waals surface area contributed by atoms with Gasteiger partial charge in [0.15, 0.2) is 0 Å². The van der Waals surface area contributed by atoms with Crippen molar-refractivity contribution in [3.8, 4) is 6.07 Å². The van der Waals surface area contributed by atoms with Crippen LogP contribution < -0.4 is 5.32 Å². The number of nitrogens with one attached hydrogen (secondary N) is 1. The standard InChI is InChI=1S/C23H20ClN3O3/c1-23(2,3)30-22(29)27-17-9-8-13(11-25)19(24)16(17)10-18(27)21(28)20-15-7-5-4-6-14(15)12-26-20/h4-10,20,26H,12H2,1-3H3. The van der Waals surface area contributed by atoms with Gasteiger partial charge in [0.1, 0.15) is 11.7 Å². The number of Topliss-reactive ketones (excluding diaryl/α,β-unsaturated/α-hetero) is 1. The molecule has 0 aliphatic carbocycles. The molecule has 1 N–H and O–H groups in total. The average Bonchev–Trinajstić information content (AvgIpc) is 3.29. The molecule has 7 heteroatoms. The number of nitrogens with zero attached hydrogens (tertiary/aromatic N) is 2. The minimum atomic E-state index is -0.747. The number of rotatable bonds is 2. The number of hydrogen-bond acceptors (Lipinski definition) is 5. The van der Waals surface area contributed by atoms with Crippen LogP contribution in [0.15, 0.2) is 42.5 Å². The lowest BCUT2D eigenvalue weighted by Crippen LogP contribution is -2.31. The summed E-state index contributed by atoms with van der Waals surface area (Å²) >= 11 is 6.40. The maximum Gasteiger partial charge on any atom is 0.419 e. The van der Waals surface area contributed by atoms with Crippen LogP contribution in [0.25, 0.3) is 10.9 Å². The van der Waals surface area contributed by atoms with Gasteiger partial charge in [0.25, 0.3) is 0 Å². The Bertz CT molecular complexity index is 1230. The van der Waals surface area contributed by atoms with Crippen LogP contribution in [0.5, 0.6) is 0 Å². The third-order valence-corrected chi connectivity index (χ3v) is 5.40. The number of nitriles is 1. The van der Waals surface area contributed by atoms with E-state index in [0.29, 0.717) is 17.4 Å². The summed E-state index contributed by atoms with van der Waals surface area (Å²) in [5.41, 5.74) is 2.03. The van der Waals surface area contributed by atoms with Gasteiger partial charge in [-0.2, -0.15) is 5.26 Å². The molecule has 152 valence electrons. The molecular formula is C23H20ClN3O3. The van der Waals surface area contributed by atoms with E-state index in [9.17, 15) is 14.9 Å². The molecule has 1 aliphatic rings. The van der Waals surface area contributed by atoms with Crippen LogP contribution in [0, 0.1) is 11.3 Å². The van der Waals surface area contributed by atoms with Gasteiger partial charge in [0.2, 0.25) is 5.78 Å². The fourth-order valence-corrected chi connectivity index (χ4v) is 3.96. The minimum absolute atomic E-state index is 0.158. The lowest BCUT2D eigenvalue weighted by Gasteiger charge is -2.21. The number of carbonyl (C=O) groups is 2. The molecule has 0 saturated heterocycles. The third kappa shape index (κ3) is 3.36. The Hall–Kier alpha value is -3.14. The van der Waals surface area contributed by atoms with Crippen molar-refractivity contribution >= 4 is 34.4 Å². The number of aromatic nitrogens is 1. The Morgan fingerprint density at radius 1 is 1.23 bits per heavy atom. The zero-order valence-electron chi connectivity index (χ0n) is 16.8. The maximum atomic E-state index is 13.5. The van der Waals surface area contributed by atoms with E-state index in [2.05, 4.69) is 5.32 Å². The van der Waals surface area contributed by atoms with E-state index >= 15 is 0 Å². The Kier molecular flexibility index (Phi) is 4.89. The van der Waals surface area contributed by atoms with Gasteiger partial charge in [0.05, 0.1) is 27.8 Å². The quantitative estimate of drug-likeness (QED) is 0.590. The Morgan fingerprint density at radius 3 is 2.67 bits per heavy atom. The summed E-state index contributed by atoms with van der Waals surface area (Å²) in [6.07, 6.45) is -0.673. The summed E-state index contributed by atoms with van der Waals surface area (Å²) in [7, 11) is 0. The molecule has 2 aromatic carbocycles. The molecule has 0 spiro atoms. The second kappa shape index (κ2) is 7.28. The zero-order valence-corrected chi connectivity index (χ0v) is 17.6. The summed E-state index contributed by atoms with van der Waals surface area (Å²) in [6, 6.07) is 13.8. The lowest BCUT2D eigenvalue weighted by atomic mass is 10.00. The van der Waals surface area contributed by atoms with E-state index in [-0.39, 0.29) is 22.1 Å². The zero-order chi connectivity index (χ0) is 21.6. The van der Waals surface area contributed by atoms with Crippen molar-refractivity contribution in [2.75, 3.05) is 0 Å². The van der Waals surface area contributed by atoms with E-state index in [1.165, 1.54) is 10.6 Å². The molecule has 0 amide bonds. The molecule has 2 heterocycles. The fraction of sp³-hybridized carbons (Fsp3) is 0.261. The smallest absolute Gasteiger partial charge is 0.419 e. The van der Waals surface area contributed by atoms with Crippen LogP contribution in [-0.2, 0) is 11.3 Å². The van der Waals surface area contributed by atoms with Gasteiger partial charge in [0, 0.05) is 11.9 Å². The van der Waals surface area contributed by atoms with Crippen LogP contribution in [0.3, 0.4) is 0 Å². The lowest BCUT2D eigenvalue weighted by molar-refractivity contribution is 0.0534. The Morgan fingerprint density at radius 2 is 1.97 bits per heavy atom. The third-order valence-electron chi connectivity index (χ3n) is 4.99. The monoisotopic (exact) mass is 421 g/mol. The highest BCUT2D eigenvalue weighted by atomic mass is 35.5. The van der Waals surface area contributed by atoms with Crippen LogP contribution in [0.4, 0.5) is 4.79 Å². The first kappa shape index (κ1) is 20.1. The van der Waals surface area contributed by atoms with Gasteiger partial charge in [-0.05, 0) is 50.1 Å². The van der Waals surface area contributed by atoms with Gasteiger partial charge in [-0.3, -0.25) is 10.1 Å². The summed E-state index contributed by atoms with van der Waals surface area (Å²) in [5, 5.41) is 13.2. The highest BCUT2D eigenvalue weighted by Crippen LogP contribution is 2.34. The van der Waals surface area contributed by atoms with Crippen molar-refractivity contribution in [1.82, 2.24) is 9.88 Å². The number of benzene rings is 2.